The molecule has 8 nitrogen and oxygen atoms in total. The molecule has 8 heteroatoms. The molecule has 402 valence electrons. The number of allylic oxidation sites excluding steroid dienone is 2. The molecule has 16 aromatic rings. The van der Waals surface area contributed by atoms with Gasteiger partial charge >= 0.3 is 0 Å². The van der Waals surface area contributed by atoms with Crippen LogP contribution in [-0.4, -0.2) is 128 Å². The van der Waals surface area contributed by atoms with E-state index in [4.69, 9.17) is 30.4 Å². The van der Waals surface area contributed by atoms with Gasteiger partial charge in [0, 0.05) is 48.6 Å². The van der Waals surface area contributed by atoms with Gasteiger partial charge in [-0.3, -0.25) is 0 Å². The Hall–Kier alpha value is -6.82. The largest absolute Gasteiger partial charge is 0.378 e. The van der Waals surface area contributed by atoms with Crippen LogP contribution in [0.25, 0.3) is 178 Å². The lowest BCUT2D eigenvalue weighted by molar-refractivity contribution is -0.901. The predicted octanol–water partition coefficient (Wildman–Crippen LogP) is 11.1. The van der Waals surface area contributed by atoms with Crippen LogP contribution in [-0.2, 0) is 35.2 Å². The van der Waals surface area contributed by atoms with Crippen LogP contribution in [0.2, 0.25) is 0 Å². The van der Waals surface area contributed by atoms with Gasteiger partial charge in [0.25, 0.3) is 0 Å². The molecule has 12 atom stereocenters. The zero-order valence-electron chi connectivity index (χ0n) is 47.5. The smallest absolute Gasteiger partial charge is 0.102 e. The molecule has 18 aliphatic rings. The molecule has 2 fully saturated rings. The van der Waals surface area contributed by atoms with Gasteiger partial charge in [0.2, 0.25) is 0 Å². The van der Waals surface area contributed by atoms with Crippen molar-refractivity contribution in [1.29, 1.82) is 0 Å². The molecule has 0 saturated carbocycles. The Kier molecular flexibility index (Phi) is 4.49. The van der Waals surface area contributed by atoms with E-state index < -0.39 is 0 Å². The molecular formula is C78H48N4O4+2. The number of benzene rings is 11. The maximum atomic E-state index is 6.76. The summed E-state index contributed by atoms with van der Waals surface area (Å²) < 4.78 is 27.5. The zero-order valence-corrected chi connectivity index (χ0v) is 47.5. The fourth-order valence-electron chi connectivity index (χ4n) is 31.9. The number of nitrogens with two attached hydrogens (primary N) is 2. The molecular weight excluding hydrogens is 1060 g/mol. The number of likely N-dealkylation sites (N-methyl/N-ethyl adjacent to an activating group) is 2. The van der Waals surface area contributed by atoms with Gasteiger partial charge in [0.05, 0.1) is 115 Å². The van der Waals surface area contributed by atoms with E-state index in [-0.39, 0.29) is 21.7 Å². The third-order valence-corrected chi connectivity index (χ3v) is 31.7. The van der Waals surface area contributed by atoms with E-state index in [1.807, 2.05) is 106 Å². The Morgan fingerprint density at radius 1 is 0.349 bits per heavy atom. The number of rotatable bonds is 16. The molecule has 2 aliphatic heterocycles. The Morgan fingerprint density at radius 3 is 1.48 bits per heavy atom. The minimum absolute atomic E-state index is 0.0542. The van der Waals surface area contributed by atoms with Crippen molar-refractivity contribution >= 4 is 178 Å². The normalized spacial score (nSPS) is 35.9. The second kappa shape index (κ2) is 9.87. The van der Waals surface area contributed by atoms with Crippen LogP contribution in [0.1, 0.15) is 113 Å². The lowest BCUT2D eigenvalue weighted by Gasteiger charge is -2.56. The van der Waals surface area contributed by atoms with E-state index in [1.165, 1.54) is 13.1 Å². The minimum Gasteiger partial charge on any atom is -0.378 e. The molecule has 2 saturated heterocycles. The summed E-state index contributed by atoms with van der Waals surface area (Å²) in [6.07, 6.45) is 0. The van der Waals surface area contributed by atoms with Crippen molar-refractivity contribution < 1.29 is 27.9 Å². The van der Waals surface area contributed by atoms with E-state index >= 15 is 0 Å². The quantitative estimate of drug-likeness (QED) is 0.0569. The van der Waals surface area contributed by atoms with Gasteiger partial charge in [-0.2, -0.15) is 0 Å². The van der Waals surface area contributed by atoms with Gasteiger partial charge in [-0.15, -0.1) is 0 Å². The number of hydrogen-bond donors (Lipinski definition) is 2. The number of nitrogens with zero attached hydrogens (tertiary/aromatic N) is 2. The summed E-state index contributed by atoms with van der Waals surface area (Å²) in [5, 5.41) is 54.1. The van der Waals surface area contributed by atoms with E-state index in [0.717, 1.165) is 48.4 Å². The van der Waals surface area contributed by atoms with Crippen molar-refractivity contribution in [2.24, 2.45) is 16.9 Å². The van der Waals surface area contributed by atoms with E-state index in [2.05, 4.69) is 14.1 Å². The highest BCUT2D eigenvalue weighted by molar-refractivity contribution is 6.70. The lowest BCUT2D eigenvalue weighted by atomic mass is 9.42. The van der Waals surface area contributed by atoms with Crippen molar-refractivity contribution in [2.75, 3.05) is 119 Å². The van der Waals surface area contributed by atoms with E-state index in [0.29, 0.717) is 88.2 Å². The van der Waals surface area contributed by atoms with Gasteiger partial charge in [-0.1, -0.05) is 0 Å². The molecule has 86 heavy (non-hydrogen) atoms. The summed E-state index contributed by atoms with van der Waals surface area (Å²) in [6.45, 7) is 13.0. The Bertz CT molecular complexity index is 6840. The van der Waals surface area contributed by atoms with Gasteiger partial charge in [-0.05, 0) is 273 Å². The summed E-state index contributed by atoms with van der Waals surface area (Å²) in [4.78, 5) is 0. The highest BCUT2D eigenvalue weighted by Gasteiger charge is 2.88. The Morgan fingerprint density at radius 2 is 0.802 bits per heavy atom. The monoisotopic (exact) mass is 1100 g/mol. The summed E-state index contributed by atoms with van der Waals surface area (Å²) in [5.74, 6) is 2.32. The second-order valence-electron chi connectivity index (χ2n) is 33.1. The molecule has 0 radical (unpaired) electrons. The van der Waals surface area contributed by atoms with Crippen LogP contribution in [0.4, 0.5) is 0 Å². The molecule has 0 bridgehead atoms. The van der Waals surface area contributed by atoms with Crippen LogP contribution < -0.4 is 16.7 Å². The Labute approximate surface area is 485 Å². The van der Waals surface area contributed by atoms with Crippen LogP contribution >= 0.6 is 0 Å². The molecule has 12 unspecified atom stereocenters. The standard InChI is InChI=1S/C78H48N4O4/c1-81(5-9-85-13-11-83-7-3-79)15-75-67-51-39-27-19-20-24-21-25-33-41(29(21)27)53(51)69(75)59-47(33)38-46-36(25)44-32(24)40-28(20)30-22-23(19)31(39)43-35-26(22)34-42(30)54-52(40)68-56(44)58(46)72-64-49(38)61(59)73-65-63-50-37(45(35)57(55(43)67)71(63)77(73,75)17-81)48(34)60-62(50)74(66(64)65)78(72)18-82(2,16-76(68,78)70(54)60)6-10-86-14-12-84-8-4-80/h33,47,55,65-67H,3-18,79-80H2,1-2H3/q+2. The van der Waals surface area contributed by atoms with Crippen molar-refractivity contribution in [1.82, 2.24) is 0 Å². The molecule has 0 aromatic heterocycles. The Balaban J connectivity index is 0.869. The van der Waals surface area contributed by atoms with Crippen molar-refractivity contribution in [3.63, 3.8) is 0 Å². The fourth-order valence-corrected chi connectivity index (χ4v) is 31.9. The average Bonchev–Trinajstić information content (AvgIpc) is 1.38. The minimum atomic E-state index is -0.186. The van der Waals surface area contributed by atoms with Crippen LogP contribution in [0.3, 0.4) is 0 Å². The first kappa shape index (κ1) is 39.2. The molecule has 4 spiro atoms. The molecule has 2 heterocycles. The maximum Gasteiger partial charge on any atom is 0.102 e. The summed E-state index contributed by atoms with van der Waals surface area (Å²) in [5.41, 5.74) is 46.9. The van der Waals surface area contributed by atoms with Crippen molar-refractivity contribution in [2.45, 2.75) is 51.8 Å². The first-order valence-corrected chi connectivity index (χ1v) is 33.5. The topological polar surface area (TPSA) is 89.0 Å². The first-order valence-electron chi connectivity index (χ1n) is 33.5. The van der Waals surface area contributed by atoms with Crippen LogP contribution in [0.15, 0.2) is 11.1 Å². The third-order valence-electron chi connectivity index (χ3n) is 31.7. The first-order chi connectivity index (χ1) is 42.4. The number of quaternary nitrogens is 2. The maximum absolute atomic E-state index is 6.76. The van der Waals surface area contributed by atoms with Crippen LogP contribution in [0.5, 0.6) is 0 Å². The van der Waals surface area contributed by atoms with Crippen molar-refractivity contribution in [3.05, 3.63) is 94.3 Å². The van der Waals surface area contributed by atoms with Crippen LogP contribution in [0, 0.1) is 5.41 Å². The highest BCUT2D eigenvalue weighted by Crippen LogP contribution is 2.95. The number of ether oxygens (including phenoxy) is 4. The van der Waals surface area contributed by atoms with Gasteiger partial charge in [-0.25, -0.2) is 0 Å². The van der Waals surface area contributed by atoms with Gasteiger partial charge in [0.15, 0.2) is 0 Å². The molecule has 16 aliphatic carbocycles. The average molecular weight is 1110 g/mol. The lowest BCUT2D eigenvalue weighted by Crippen LogP contribution is -2.54. The fraction of sp³-hybridized carbons (Fsp3) is 0.359. The van der Waals surface area contributed by atoms with E-state index in [9.17, 15) is 0 Å². The molecule has 34 rings (SSSR count). The van der Waals surface area contributed by atoms with Gasteiger partial charge in [0.1, 0.15) is 13.1 Å². The summed E-state index contributed by atoms with van der Waals surface area (Å²) in [6, 6.07) is 0. The molecule has 4 N–H and O–H groups in total. The number of likely N-dealkylation sites (tertiary alicyclic amines) is 2. The second-order valence-corrected chi connectivity index (χ2v) is 33.1. The van der Waals surface area contributed by atoms with Gasteiger partial charge < -0.3 is 39.4 Å². The summed E-state index contributed by atoms with van der Waals surface area (Å²) in [7, 11) is 5.48. The van der Waals surface area contributed by atoms with E-state index in [1.54, 1.807) is 167 Å². The molecule has 16 aromatic carbocycles. The van der Waals surface area contributed by atoms with Crippen molar-refractivity contribution in [3.8, 4) is 0 Å². The predicted molar refractivity (Wildman–Crippen MR) is 338 cm³/mol. The SMILES string of the molecule is C[N+]1(CCOCCOCCN)CC23C4=c5c6c7c8c9c%10c%11c%12c%13c%14c%15c%16c%17c%18c%19c%20c%21c%22c%23c%24c(c2c%22c2c%22c%25c%26c(c5c(c6%10)c5c%11c6c%13c(c%14%18)c%10c%19c(c%212)c%25c%10c6c%265)C%223C1)C4C7C1=C%24C(=C%16C2(C[N+](C)(CCOCCOCCN)CC182)C%15C9%12)C%23C%17%20. The zero-order chi connectivity index (χ0) is 53.5. The number of hydrogen-bond acceptors (Lipinski definition) is 6. The highest BCUT2D eigenvalue weighted by atomic mass is 16.5. The summed E-state index contributed by atoms with van der Waals surface area (Å²) >= 11 is 0. The third kappa shape index (κ3) is 2.50. The molecule has 0 amide bonds.